The summed E-state index contributed by atoms with van der Waals surface area (Å²) in [4.78, 5) is 31.5. The molecule has 0 atom stereocenters. The van der Waals surface area contributed by atoms with Crippen LogP contribution in [0.3, 0.4) is 0 Å². The predicted molar refractivity (Wildman–Crippen MR) is 540 cm³/mol. The highest BCUT2D eigenvalue weighted by atomic mass is 16.3. The Morgan fingerprint density at radius 1 is 0.198 bits per heavy atom. The lowest BCUT2D eigenvalue weighted by atomic mass is 9.99. The van der Waals surface area contributed by atoms with Gasteiger partial charge in [-0.25, -0.2) is 29.9 Å². The fourth-order valence-electron chi connectivity index (χ4n) is 19.9. The molecule has 9 heterocycles. The van der Waals surface area contributed by atoms with Crippen LogP contribution < -0.4 is 0 Å². The first kappa shape index (κ1) is 74.9. The maximum Gasteiger partial charge on any atom is 0.235 e. The summed E-state index contributed by atoms with van der Waals surface area (Å²) in [5, 5.41) is 21.1. The minimum absolute atomic E-state index is 0.476. The Kier molecular flexibility index (Phi) is 17.2. The molecule has 0 bridgehead atoms. The van der Waals surface area contributed by atoms with Crippen molar-refractivity contribution in [2.24, 2.45) is 0 Å². The first-order valence-corrected chi connectivity index (χ1v) is 44.4. The predicted octanol–water partition coefficient (Wildman–Crippen LogP) is 31.6. The van der Waals surface area contributed by atoms with Crippen molar-refractivity contribution < 1.29 is 13.3 Å². The Morgan fingerprint density at radius 2 is 0.527 bits per heavy atom. The van der Waals surface area contributed by atoms with Gasteiger partial charge in [-0.2, -0.15) is 0 Å². The second-order valence-electron chi connectivity index (χ2n) is 34.1. The molecule has 0 amide bonds. The Hall–Kier alpha value is -17.5. The monoisotopic (exact) mass is 1680 g/mol. The third-order valence-corrected chi connectivity index (χ3v) is 26.2. The van der Waals surface area contributed by atoms with Crippen molar-refractivity contribution in [3.05, 3.63) is 418 Å². The lowest BCUT2D eigenvalue weighted by molar-refractivity contribution is 0.672. The van der Waals surface area contributed by atoms with Crippen LogP contribution >= 0.6 is 0 Å². The molecule has 0 aliphatic rings. The lowest BCUT2D eigenvalue weighted by Gasteiger charge is -2.13. The molecule has 0 saturated heterocycles. The summed E-state index contributed by atoms with van der Waals surface area (Å²) in [6.45, 7) is 4.43. The van der Waals surface area contributed by atoms with E-state index in [1.165, 1.54) is 32.7 Å². The van der Waals surface area contributed by atoms with Crippen molar-refractivity contribution in [3.8, 4) is 73.9 Å². The van der Waals surface area contributed by atoms with E-state index >= 15 is 0 Å². The van der Waals surface area contributed by atoms with Gasteiger partial charge in [-0.05, 0) is 164 Å². The van der Waals surface area contributed by atoms with Gasteiger partial charge >= 0.3 is 0 Å². The lowest BCUT2D eigenvalue weighted by Crippen LogP contribution is -2.03. The molecule has 131 heavy (non-hydrogen) atoms. The van der Waals surface area contributed by atoms with Gasteiger partial charge in [0.05, 0.1) is 82.9 Å². The molecule has 19 aromatic carbocycles. The summed E-state index contributed by atoms with van der Waals surface area (Å²) in [5.74, 6) is 2.39. The second-order valence-corrected chi connectivity index (χ2v) is 34.1. The van der Waals surface area contributed by atoms with Gasteiger partial charge in [0.2, 0.25) is 17.8 Å². The number of hydrogen-bond donors (Lipinski definition) is 0. The summed E-state index contributed by atoms with van der Waals surface area (Å²) in [5.41, 5.74) is 26.0. The number of nitrogens with zero attached hydrogens (tertiary/aromatic N) is 9. The Balaban J connectivity index is 0.000000104. The van der Waals surface area contributed by atoms with E-state index < -0.39 is 0 Å². The fourth-order valence-corrected chi connectivity index (χ4v) is 19.9. The molecule has 9 aromatic heterocycles. The maximum absolute atomic E-state index is 6.64. The zero-order valence-electron chi connectivity index (χ0n) is 71.1. The summed E-state index contributed by atoms with van der Waals surface area (Å²) in [7, 11) is 0. The van der Waals surface area contributed by atoms with Crippen LogP contribution in [0.25, 0.3) is 259 Å². The molecule has 0 N–H and O–H groups in total. The Morgan fingerprint density at radius 3 is 1.02 bits per heavy atom. The number of rotatable bonds is 9. The highest BCUT2D eigenvalue weighted by Gasteiger charge is 2.27. The normalized spacial score (nSPS) is 12.0. The van der Waals surface area contributed by atoms with Crippen LogP contribution in [-0.2, 0) is 0 Å². The van der Waals surface area contributed by atoms with Gasteiger partial charge in [0.1, 0.15) is 33.5 Å². The maximum atomic E-state index is 6.64. The second kappa shape index (κ2) is 30.1. The highest BCUT2D eigenvalue weighted by Crippen LogP contribution is 2.47. The van der Waals surface area contributed by atoms with E-state index in [1.807, 2.05) is 60.7 Å². The van der Waals surface area contributed by atoms with E-state index in [0.717, 1.165) is 214 Å². The minimum atomic E-state index is 0.476. The average Bonchev–Trinajstić information content (AvgIpc) is 1.57. The number of aromatic nitrogens is 9. The van der Waals surface area contributed by atoms with Crippen LogP contribution in [0.5, 0.6) is 0 Å². The van der Waals surface area contributed by atoms with Gasteiger partial charge in [-0.15, -0.1) is 0 Å². The number of furan rings is 3. The van der Waals surface area contributed by atoms with Crippen molar-refractivity contribution in [2.75, 3.05) is 0 Å². The largest absolute Gasteiger partial charge is 0.455 e. The third-order valence-electron chi connectivity index (χ3n) is 26.2. The average molecular weight is 1680 g/mol. The van der Waals surface area contributed by atoms with Crippen molar-refractivity contribution in [3.63, 3.8) is 0 Å². The van der Waals surface area contributed by atoms with Gasteiger partial charge in [0.15, 0.2) is 0 Å². The fraction of sp³-hybridized carbons (Fsp3) is 0.0252. The van der Waals surface area contributed by atoms with Gasteiger partial charge in [-0.1, -0.05) is 317 Å². The molecule has 0 fully saturated rings. The zero-order valence-corrected chi connectivity index (χ0v) is 71.1. The van der Waals surface area contributed by atoms with E-state index in [9.17, 15) is 0 Å². The molecule has 0 aliphatic heterocycles. The standard InChI is InChI=1S/C46H27N3O.C38H23N3O.C35H25N3O/c1-3-11-30-25-32(19-17-28(30)9-1)33-21-22-38-41(27-33)49(40-24-23-36-35-13-6-8-16-42(35)50-45(36)43(38)40)46-47-39-15-7-5-14-37(39)44(48-46)34-20-18-29-10-2-4-12-31(29)26-34;1-3-11-24(12-4-1)26-19-21-31-30(23-26)36(25-13-5-2-6-14-25)40-38(39-31)41-32-17-9-7-16-29(32)35-33(41)22-20-28-27-15-8-10-18-34(27)42-37(28)35;1-21(2)22-15-17-23(18-16-22)33-26-10-3-6-12-28(26)36-35(37-33)38-29-13-7-4-11-27(29)32-30(38)20-19-25-24-9-5-8-14-31(24)39-34(25)32/h1-27H;1-23H;3-21H,1-2H3. The summed E-state index contributed by atoms with van der Waals surface area (Å²) in [6, 6.07) is 144. The van der Waals surface area contributed by atoms with Gasteiger partial charge in [-0.3, -0.25) is 13.7 Å². The van der Waals surface area contributed by atoms with E-state index in [0.29, 0.717) is 23.8 Å². The van der Waals surface area contributed by atoms with Crippen molar-refractivity contribution in [1.29, 1.82) is 0 Å². The molecular weight excluding hydrogens is 1600 g/mol. The number of fused-ring (bicyclic) bond motifs is 26. The topological polar surface area (TPSA) is 132 Å². The zero-order chi connectivity index (χ0) is 86.5. The number of hydrogen-bond acceptors (Lipinski definition) is 9. The van der Waals surface area contributed by atoms with Crippen LogP contribution in [0.2, 0.25) is 0 Å². The van der Waals surface area contributed by atoms with Crippen molar-refractivity contribution >= 4 is 185 Å². The van der Waals surface area contributed by atoms with Crippen LogP contribution in [-0.4, -0.2) is 43.6 Å². The first-order valence-electron chi connectivity index (χ1n) is 44.4. The summed E-state index contributed by atoms with van der Waals surface area (Å²) < 4.78 is 26.2. The molecular formula is C119H75N9O3. The minimum Gasteiger partial charge on any atom is -0.455 e. The molecule has 614 valence electrons. The van der Waals surface area contributed by atoms with Crippen LogP contribution in [0.15, 0.2) is 426 Å². The number of para-hydroxylation sites is 7. The summed E-state index contributed by atoms with van der Waals surface area (Å²) in [6.07, 6.45) is 0. The Bertz CT molecular complexity index is 9550. The number of benzene rings is 19. The van der Waals surface area contributed by atoms with Gasteiger partial charge in [0, 0.05) is 81.3 Å². The highest BCUT2D eigenvalue weighted by molar-refractivity contribution is 6.27. The van der Waals surface area contributed by atoms with Crippen LogP contribution in [0.1, 0.15) is 25.3 Å². The van der Waals surface area contributed by atoms with Gasteiger partial charge < -0.3 is 13.3 Å². The van der Waals surface area contributed by atoms with Crippen LogP contribution in [0.4, 0.5) is 0 Å². The van der Waals surface area contributed by atoms with E-state index in [2.05, 4.69) is 379 Å². The van der Waals surface area contributed by atoms with Gasteiger partial charge in [0.25, 0.3) is 0 Å². The van der Waals surface area contributed by atoms with Crippen molar-refractivity contribution in [2.45, 2.75) is 19.8 Å². The SMILES string of the molecule is CC(C)c1ccc(-c2nc(-n3c4ccccc4c4c5oc6ccccc6c5ccc43)nc3ccccc23)cc1.c1ccc(-c2ccc3nc(-n4c5ccccc5c5c6oc7ccccc7c6ccc54)nc(-c4ccccc4)c3c2)cc1.c1ccc2cc(-c3ccc4c5c6oc7ccccc7c6ccc5n(-c5nc(-c6ccc7ccccc7c6)c6ccccc6n5)c4c3)ccc2c1. The smallest absolute Gasteiger partial charge is 0.235 e. The molecule has 12 nitrogen and oxygen atoms in total. The molecule has 0 saturated carbocycles. The summed E-state index contributed by atoms with van der Waals surface area (Å²) >= 11 is 0. The Labute approximate surface area is 749 Å². The molecule has 12 heteroatoms. The quantitative estimate of drug-likeness (QED) is 0.139. The molecule has 28 rings (SSSR count). The van der Waals surface area contributed by atoms with E-state index in [1.54, 1.807) is 0 Å². The molecule has 0 unspecified atom stereocenters. The molecule has 28 aromatic rings. The van der Waals surface area contributed by atoms with Crippen molar-refractivity contribution in [1.82, 2.24) is 43.6 Å². The molecule has 0 aliphatic carbocycles. The van der Waals surface area contributed by atoms with Crippen LogP contribution in [0, 0.1) is 0 Å². The van der Waals surface area contributed by atoms with E-state index in [4.69, 9.17) is 43.2 Å². The third kappa shape index (κ3) is 12.3. The first-order chi connectivity index (χ1) is 64.8. The molecule has 0 spiro atoms. The molecule has 0 radical (unpaired) electrons. The van der Waals surface area contributed by atoms with E-state index in [-0.39, 0.29) is 0 Å².